The van der Waals surface area contributed by atoms with Crippen LogP contribution in [0.3, 0.4) is 0 Å². The van der Waals surface area contributed by atoms with Crippen LogP contribution in [0.15, 0.2) is 34.7 Å². The Morgan fingerprint density at radius 3 is 3.04 bits per heavy atom. The first kappa shape index (κ1) is 19.9. The molecule has 0 aliphatic rings. The van der Waals surface area contributed by atoms with Crippen LogP contribution in [0.5, 0.6) is 5.75 Å². The van der Waals surface area contributed by atoms with Crippen molar-refractivity contribution in [1.29, 1.82) is 0 Å². The van der Waals surface area contributed by atoms with Gasteiger partial charge >= 0.3 is 5.97 Å². The molecule has 0 atom stereocenters. The summed E-state index contributed by atoms with van der Waals surface area (Å²) in [5.74, 6) is 0.569. The van der Waals surface area contributed by atoms with E-state index >= 15 is 0 Å². The number of nitrogens with one attached hydrogen (secondary N) is 1. The summed E-state index contributed by atoms with van der Waals surface area (Å²) < 4.78 is 10.6. The molecule has 0 spiro atoms. The second-order valence-electron chi connectivity index (χ2n) is 5.62. The van der Waals surface area contributed by atoms with Crippen LogP contribution in [-0.2, 0) is 16.0 Å². The molecule has 2 rings (SSSR count). The molecule has 26 heavy (non-hydrogen) atoms. The topological polar surface area (TPSA) is 72.8 Å². The number of carbonyl (C=O) groups excluding carboxylic acids is 1. The molecule has 7 heteroatoms. The molecule has 0 radical (unpaired) electrons. The highest BCUT2D eigenvalue weighted by Gasteiger charge is 2.07. The van der Waals surface area contributed by atoms with E-state index in [1.54, 1.807) is 13.1 Å². The van der Waals surface area contributed by atoms with Gasteiger partial charge < -0.3 is 9.47 Å². The van der Waals surface area contributed by atoms with E-state index in [-0.39, 0.29) is 12.4 Å². The molecule has 0 aliphatic heterocycles. The number of hydrogen-bond acceptors (Lipinski definition) is 7. The molecule has 1 N–H and O–H groups in total. The summed E-state index contributed by atoms with van der Waals surface area (Å²) in [7, 11) is 0. The van der Waals surface area contributed by atoms with Gasteiger partial charge in [0.2, 0.25) is 5.13 Å². The molecule has 0 saturated heterocycles. The Morgan fingerprint density at radius 2 is 2.23 bits per heavy atom. The van der Waals surface area contributed by atoms with Crippen LogP contribution >= 0.6 is 11.3 Å². The Morgan fingerprint density at radius 1 is 1.35 bits per heavy atom. The molecule has 1 heterocycles. The van der Waals surface area contributed by atoms with E-state index in [9.17, 15) is 4.79 Å². The van der Waals surface area contributed by atoms with Crippen molar-refractivity contribution in [2.75, 3.05) is 18.6 Å². The van der Waals surface area contributed by atoms with Crippen molar-refractivity contribution in [2.45, 2.75) is 39.5 Å². The van der Waals surface area contributed by atoms with Gasteiger partial charge in [0.05, 0.1) is 31.5 Å². The smallest absolute Gasteiger partial charge is 0.311 e. The van der Waals surface area contributed by atoms with Crippen LogP contribution in [-0.4, -0.2) is 30.4 Å². The first-order valence-corrected chi connectivity index (χ1v) is 9.71. The highest BCUT2D eigenvalue weighted by molar-refractivity contribution is 7.13. The maximum atomic E-state index is 11.4. The highest BCUT2D eigenvalue weighted by Crippen LogP contribution is 2.16. The van der Waals surface area contributed by atoms with Gasteiger partial charge in [0.25, 0.3) is 0 Å². The summed E-state index contributed by atoms with van der Waals surface area (Å²) in [5.41, 5.74) is 4.50. The monoisotopic (exact) mass is 375 g/mol. The van der Waals surface area contributed by atoms with Gasteiger partial charge in [-0.2, -0.15) is 5.10 Å². The van der Waals surface area contributed by atoms with Crippen molar-refractivity contribution in [3.8, 4) is 5.75 Å². The summed E-state index contributed by atoms with van der Waals surface area (Å²) in [6.07, 6.45) is 5.31. The van der Waals surface area contributed by atoms with Gasteiger partial charge in [-0.1, -0.05) is 31.9 Å². The molecule has 0 unspecified atom stereocenters. The second-order valence-corrected chi connectivity index (χ2v) is 6.48. The van der Waals surface area contributed by atoms with E-state index in [0.717, 1.165) is 24.3 Å². The number of ether oxygens (including phenoxy) is 2. The molecule has 0 fully saturated rings. The second kappa shape index (κ2) is 11.3. The lowest BCUT2D eigenvalue weighted by Crippen LogP contribution is -2.07. The van der Waals surface area contributed by atoms with Crippen LogP contribution in [0, 0.1) is 0 Å². The minimum atomic E-state index is -0.274. The molecule has 0 saturated carbocycles. The van der Waals surface area contributed by atoms with Gasteiger partial charge in [0.1, 0.15) is 5.75 Å². The number of hydrogen-bond donors (Lipinski definition) is 1. The maximum Gasteiger partial charge on any atom is 0.311 e. The van der Waals surface area contributed by atoms with Gasteiger partial charge in [-0.25, -0.2) is 4.98 Å². The zero-order valence-corrected chi connectivity index (χ0v) is 16.1. The number of rotatable bonds is 11. The number of esters is 1. The fourth-order valence-electron chi connectivity index (χ4n) is 2.19. The van der Waals surface area contributed by atoms with Crippen molar-refractivity contribution in [3.63, 3.8) is 0 Å². The van der Waals surface area contributed by atoms with Gasteiger partial charge in [-0.3, -0.25) is 10.2 Å². The van der Waals surface area contributed by atoms with E-state index in [1.165, 1.54) is 24.2 Å². The SMILES string of the molecule is CCCCCOc1cccc(C=NNc2nc(CC(=O)OCC)cs2)c1. The van der Waals surface area contributed by atoms with E-state index in [2.05, 4.69) is 22.4 Å². The Labute approximate surface area is 158 Å². The fraction of sp³-hybridized carbons (Fsp3) is 0.421. The summed E-state index contributed by atoms with van der Waals surface area (Å²) in [6, 6.07) is 7.79. The van der Waals surface area contributed by atoms with E-state index < -0.39 is 0 Å². The minimum Gasteiger partial charge on any atom is -0.494 e. The zero-order chi connectivity index (χ0) is 18.6. The van der Waals surface area contributed by atoms with Crippen molar-refractivity contribution in [2.24, 2.45) is 5.10 Å². The number of thiazole rings is 1. The van der Waals surface area contributed by atoms with Crippen molar-refractivity contribution < 1.29 is 14.3 Å². The predicted molar refractivity (Wildman–Crippen MR) is 105 cm³/mol. The lowest BCUT2D eigenvalue weighted by atomic mass is 10.2. The standard InChI is InChI=1S/C19H25N3O3S/c1-3-5-6-10-25-17-9-7-8-15(11-17)13-20-22-19-21-16(14-26-19)12-18(23)24-4-2/h7-9,11,13-14H,3-6,10,12H2,1-2H3,(H,21,22). The van der Waals surface area contributed by atoms with E-state index in [1.807, 2.05) is 29.6 Å². The van der Waals surface area contributed by atoms with Gasteiger partial charge in [-0.05, 0) is 31.0 Å². The molecule has 0 bridgehead atoms. The lowest BCUT2D eigenvalue weighted by Gasteiger charge is -2.06. The fourth-order valence-corrected chi connectivity index (χ4v) is 2.85. The molecule has 140 valence electrons. The first-order chi connectivity index (χ1) is 12.7. The zero-order valence-electron chi connectivity index (χ0n) is 15.2. The molecule has 0 aliphatic carbocycles. The Balaban J connectivity index is 1.82. The largest absolute Gasteiger partial charge is 0.494 e. The molecule has 1 aromatic heterocycles. The number of anilines is 1. The van der Waals surface area contributed by atoms with Crippen LogP contribution in [0.2, 0.25) is 0 Å². The van der Waals surface area contributed by atoms with Crippen LogP contribution < -0.4 is 10.2 Å². The molecule has 2 aromatic rings. The Hall–Kier alpha value is -2.41. The quantitative estimate of drug-likeness (QED) is 0.275. The van der Waals surface area contributed by atoms with Crippen LogP contribution in [0.25, 0.3) is 0 Å². The summed E-state index contributed by atoms with van der Waals surface area (Å²) in [4.78, 5) is 15.8. The van der Waals surface area contributed by atoms with E-state index in [0.29, 0.717) is 17.4 Å². The third-order valence-corrected chi connectivity index (χ3v) is 4.23. The normalized spacial score (nSPS) is 10.8. The number of aromatic nitrogens is 1. The summed E-state index contributed by atoms with van der Waals surface area (Å²) in [6.45, 7) is 5.06. The average Bonchev–Trinajstić information content (AvgIpc) is 3.06. The average molecular weight is 375 g/mol. The van der Waals surface area contributed by atoms with E-state index in [4.69, 9.17) is 9.47 Å². The third kappa shape index (κ3) is 7.23. The number of hydrazone groups is 1. The van der Waals surface area contributed by atoms with Crippen LogP contribution in [0.1, 0.15) is 44.4 Å². The van der Waals surface area contributed by atoms with Gasteiger partial charge in [0, 0.05) is 5.38 Å². The summed E-state index contributed by atoms with van der Waals surface area (Å²) >= 11 is 1.40. The molecular weight excluding hydrogens is 350 g/mol. The van der Waals surface area contributed by atoms with Gasteiger partial charge in [-0.15, -0.1) is 11.3 Å². The molecule has 0 amide bonds. The Bertz CT molecular complexity index is 716. The van der Waals surface area contributed by atoms with Crippen LogP contribution in [0.4, 0.5) is 5.13 Å². The predicted octanol–water partition coefficient (Wildman–Crippen LogP) is 4.26. The molecular formula is C19H25N3O3S. The minimum absolute atomic E-state index is 0.174. The molecule has 1 aromatic carbocycles. The third-order valence-electron chi connectivity index (χ3n) is 3.43. The Kier molecular flexibility index (Phi) is 8.62. The number of unbranched alkanes of at least 4 members (excludes halogenated alkanes) is 2. The number of carbonyl (C=O) groups is 1. The van der Waals surface area contributed by atoms with Crippen molar-refractivity contribution in [1.82, 2.24) is 4.98 Å². The van der Waals surface area contributed by atoms with Gasteiger partial charge in [0.15, 0.2) is 0 Å². The number of benzene rings is 1. The first-order valence-electron chi connectivity index (χ1n) is 8.83. The lowest BCUT2D eigenvalue weighted by molar-refractivity contribution is -0.142. The van der Waals surface area contributed by atoms with Crippen molar-refractivity contribution in [3.05, 3.63) is 40.9 Å². The summed E-state index contributed by atoms with van der Waals surface area (Å²) in [5, 5.41) is 6.64. The van der Waals surface area contributed by atoms with Crippen molar-refractivity contribution >= 4 is 28.7 Å². The molecule has 6 nitrogen and oxygen atoms in total. The highest BCUT2D eigenvalue weighted by atomic mass is 32.1. The number of nitrogens with zero attached hydrogens (tertiary/aromatic N) is 2. The maximum absolute atomic E-state index is 11.4.